The topological polar surface area (TPSA) is 78.6 Å². The molecular weight excluding hydrogens is 234 g/mol. The van der Waals surface area contributed by atoms with Gasteiger partial charge in [0.05, 0.1) is 11.0 Å². The fraction of sp³-hybridized carbons (Fsp3) is 0.500. The first-order valence-corrected chi connectivity index (χ1v) is 6.02. The van der Waals surface area contributed by atoms with Crippen LogP contribution in [0.25, 0.3) is 0 Å². The largest absolute Gasteiger partial charge is 0.387 e. The summed E-state index contributed by atoms with van der Waals surface area (Å²) in [5.41, 5.74) is 0.771. The maximum absolute atomic E-state index is 10.5. The monoisotopic (exact) mass is 251 g/mol. The zero-order chi connectivity index (χ0) is 13.0. The van der Waals surface area contributed by atoms with E-state index in [4.69, 9.17) is 0 Å². The molecule has 0 aromatic heterocycles. The average Bonchev–Trinajstić information content (AvgIpc) is 2.40. The lowest BCUT2D eigenvalue weighted by Gasteiger charge is -2.29. The number of hydrogen-bond donors (Lipinski definition) is 2. The van der Waals surface area contributed by atoms with Crippen molar-refractivity contribution in [1.29, 1.82) is 0 Å². The van der Waals surface area contributed by atoms with Gasteiger partial charge in [0.15, 0.2) is 0 Å². The van der Waals surface area contributed by atoms with Crippen LogP contribution in [0.5, 0.6) is 0 Å². The minimum absolute atomic E-state index is 0.0492. The highest BCUT2D eigenvalue weighted by molar-refractivity contribution is 5.33. The normalized spacial score (nSPS) is 18.5. The molecule has 1 fully saturated rings. The molecule has 0 aliphatic carbocycles. The molecule has 98 valence electrons. The average molecular weight is 251 g/mol. The zero-order valence-electron chi connectivity index (χ0n) is 10.1. The first kappa shape index (κ1) is 12.9. The summed E-state index contributed by atoms with van der Waals surface area (Å²) in [6.45, 7) is 4.29. The number of nitrogens with zero attached hydrogens (tertiary/aromatic N) is 2. The van der Waals surface area contributed by atoms with Gasteiger partial charge in [0.1, 0.15) is 0 Å². The van der Waals surface area contributed by atoms with Crippen LogP contribution in [0.1, 0.15) is 11.7 Å². The molecule has 1 unspecified atom stereocenters. The Morgan fingerprint density at radius 2 is 1.94 bits per heavy atom. The predicted octanol–water partition coefficient (Wildman–Crippen LogP) is 0.533. The number of non-ortho nitro benzene ring substituents is 1. The third-order valence-corrected chi connectivity index (χ3v) is 3.13. The Balaban J connectivity index is 1.95. The summed E-state index contributed by atoms with van der Waals surface area (Å²) in [6.07, 6.45) is -0.594. The first-order valence-electron chi connectivity index (χ1n) is 6.02. The molecule has 0 spiro atoms. The van der Waals surface area contributed by atoms with Gasteiger partial charge in [0, 0.05) is 44.9 Å². The second kappa shape index (κ2) is 5.90. The van der Waals surface area contributed by atoms with Crippen LogP contribution in [0.3, 0.4) is 0 Å². The summed E-state index contributed by atoms with van der Waals surface area (Å²) in [5, 5.41) is 23.8. The molecule has 0 bridgehead atoms. The number of rotatable bonds is 4. The number of piperazine rings is 1. The number of benzene rings is 1. The van der Waals surface area contributed by atoms with Crippen LogP contribution in [-0.2, 0) is 0 Å². The molecule has 1 atom stereocenters. The van der Waals surface area contributed by atoms with Crippen molar-refractivity contribution in [3.05, 3.63) is 39.9 Å². The van der Waals surface area contributed by atoms with Gasteiger partial charge in [0.2, 0.25) is 0 Å². The number of nitro groups is 1. The van der Waals surface area contributed by atoms with Crippen molar-refractivity contribution in [2.24, 2.45) is 0 Å². The Hall–Kier alpha value is -1.50. The molecule has 0 saturated carbocycles. The summed E-state index contributed by atoms with van der Waals surface area (Å²) in [7, 11) is 0. The van der Waals surface area contributed by atoms with E-state index in [2.05, 4.69) is 10.2 Å². The molecule has 1 aliphatic rings. The van der Waals surface area contributed by atoms with E-state index in [1.165, 1.54) is 12.1 Å². The highest BCUT2D eigenvalue weighted by Gasteiger charge is 2.16. The van der Waals surface area contributed by atoms with Crippen molar-refractivity contribution in [2.75, 3.05) is 32.7 Å². The molecule has 1 aromatic rings. The highest BCUT2D eigenvalue weighted by Crippen LogP contribution is 2.18. The molecule has 6 nitrogen and oxygen atoms in total. The molecule has 1 aromatic carbocycles. The van der Waals surface area contributed by atoms with Crippen LogP contribution in [0.2, 0.25) is 0 Å². The molecule has 2 rings (SSSR count). The second-order valence-corrected chi connectivity index (χ2v) is 4.42. The fourth-order valence-corrected chi connectivity index (χ4v) is 2.06. The summed E-state index contributed by atoms with van der Waals surface area (Å²) >= 11 is 0. The smallest absolute Gasteiger partial charge is 0.269 e. The van der Waals surface area contributed by atoms with E-state index >= 15 is 0 Å². The maximum atomic E-state index is 10.5. The van der Waals surface area contributed by atoms with Crippen molar-refractivity contribution in [3.63, 3.8) is 0 Å². The number of nitrogens with one attached hydrogen (secondary N) is 1. The number of aliphatic hydroxyl groups excluding tert-OH is 1. The van der Waals surface area contributed by atoms with Crippen LogP contribution in [0.15, 0.2) is 24.3 Å². The molecule has 6 heteroatoms. The summed E-state index contributed by atoms with van der Waals surface area (Å²) in [5.74, 6) is 0. The van der Waals surface area contributed by atoms with Gasteiger partial charge in [-0.15, -0.1) is 0 Å². The van der Waals surface area contributed by atoms with Gasteiger partial charge < -0.3 is 10.4 Å². The number of hydrogen-bond acceptors (Lipinski definition) is 5. The van der Waals surface area contributed by atoms with Gasteiger partial charge in [-0.2, -0.15) is 0 Å². The van der Waals surface area contributed by atoms with Crippen molar-refractivity contribution in [3.8, 4) is 0 Å². The van der Waals surface area contributed by atoms with Crippen LogP contribution in [-0.4, -0.2) is 47.7 Å². The Labute approximate surface area is 105 Å². The number of aliphatic hydroxyl groups is 1. The van der Waals surface area contributed by atoms with E-state index < -0.39 is 11.0 Å². The molecule has 0 amide bonds. The molecule has 1 aliphatic heterocycles. The maximum Gasteiger partial charge on any atom is 0.269 e. The standard InChI is InChI=1S/C12H17N3O3/c16-12(9-14-7-5-13-6-8-14)10-1-3-11(4-2-10)15(17)18/h1-4,12-13,16H,5-9H2. The molecular formula is C12H17N3O3. The van der Waals surface area contributed by atoms with Crippen LogP contribution >= 0.6 is 0 Å². The summed E-state index contributed by atoms with van der Waals surface area (Å²) in [6, 6.07) is 6.09. The van der Waals surface area contributed by atoms with Crippen LogP contribution in [0, 0.1) is 10.1 Å². The van der Waals surface area contributed by atoms with Gasteiger partial charge in [-0.05, 0) is 17.7 Å². The molecule has 1 saturated heterocycles. The van der Waals surface area contributed by atoms with Gasteiger partial charge in [-0.25, -0.2) is 0 Å². The van der Waals surface area contributed by atoms with Crippen molar-refractivity contribution < 1.29 is 10.0 Å². The van der Waals surface area contributed by atoms with Crippen LogP contribution < -0.4 is 5.32 Å². The van der Waals surface area contributed by atoms with Gasteiger partial charge in [-0.1, -0.05) is 0 Å². The van der Waals surface area contributed by atoms with E-state index in [1.807, 2.05) is 0 Å². The zero-order valence-corrected chi connectivity index (χ0v) is 10.1. The van der Waals surface area contributed by atoms with Crippen LogP contribution in [0.4, 0.5) is 5.69 Å². The molecule has 2 N–H and O–H groups in total. The summed E-state index contributed by atoms with van der Waals surface area (Å²) < 4.78 is 0. The molecule has 0 radical (unpaired) electrons. The quantitative estimate of drug-likeness (QED) is 0.603. The van der Waals surface area contributed by atoms with Crippen molar-refractivity contribution in [1.82, 2.24) is 10.2 Å². The highest BCUT2D eigenvalue weighted by atomic mass is 16.6. The third-order valence-electron chi connectivity index (χ3n) is 3.13. The predicted molar refractivity (Wildman–Crippen MR) is 67.4 cm³/mol. The number of β-amino-alcohol motifs (C(OH)–C–C–N with tert-alkyl or cyclic N) is 1. The Bertz CT molecular complexity index is 402. The van der Waals surface area contributed by atoms with E-state index in [9.17, 15) is 15.2 Å². The Morgan fingerprint density at radius 3 is 2.50 bits per heavy atom. The van der Waals surface area contributed by atoms with Gasteiger partial charge in [0.25, 0.3) is 5.69 Å². The lowest BCUT2D eigenvalue weighted by atomic mass is 10.1. The van der Waals surface area contributed by atoms with E-state index in [1.54, 1.807) is 12.1 Å². The Kier molecular flexibility index (Phi) is 4.24. The SMILES string of the molecule is O=[N+]([O-])c1ccc(C(O)CN2CCNCC2)cc1. The van der Waals surface area contributed by atoms with E-state index in [0.717, 1.165) is 31.7 Å². The number of nitro benzene ring substituents is 1. The van der Waals surface area contributed by atoms with Crippen molar-refractivity contribution in [2.45, 2.75) is 6.10 Å². The Morgan fingerprint density at radius 1 is 1.33 bits per heavy atom. The third kappa shape index (κ3) is 3.25. The van der Waals surface area contributed by atoms with E-state index in [0.29, 0.717) is 6.54 Å². The second-order valence-electron chi connectivity index (χ2n) is 4.42. The lowest BCUT2D eigenvalue weighted by Crippen LogP contribution is -2.44. The van der Waals surface area contributed by atoms with Crippen molar-refractivity contribution >= 4 is 5.69 Å². The molecule has 18 heavy (non-hydrogen) atoms. The van der Waals surface area contributed by atoms with E-state index in [-0.39, 0.29) is 5.69 Å². The fourth-order valence-electron chi connectivity index (χ4n) is 2.06. The molecule has 1 heterocycles. The lowest BCUT2D eigenvalue weighted by molar-refractivity contribution is -0.384. The minimum Gasteiger partial charge on any atom is -0.387 e. The van der Waals surface area contributed by atoms with Gasteiger partial charge in [-0.3, -0.25) is 15.0 Å². The first-order chi connectivity index (χ1) is 8.66. The summed E-state index contributed by atoms with van der Waals surface area (Å²) in [4.78, 5) is 12.3. The van der Waals surface area contributed by atoms with Gasteiger partial charge >= 0.3 is 0 Å². The minimum atomic E-state index is -0.594.